The van der Waals surface area contributed by atoms with Crippen molar-refractivity contribution in [2.75, 3.05) is 26.3 Å². The van der Waals surface area contributed by atoms with E-state index in [2.05, 4.69) is 19.2 Å². The lowest BCUT2D eigenvalue weighted by atomic mass is 9.68. The molecule has 6 nitrogen and oxygen atoms in total. The number of carbonyl (C=O) groups is 2. The van der Waals surface area contributed by atoms with Gasteiger partial charge in [0.25, 0.3) is 5.91 Å². The Balaban J connectivity index is 1.82. The average molecular weight is 396 g/mol. The number of phenolic OH excluding ortho intramolecular Hbond substituents is 1. The molecular weight excluding hydrogens is 368 g/mol. The van der Waals surface area contributed by atoms with Crippen LogP contribution in [-0.2, 0) is 14.3 Å². The molecule has 1 amide bonds. The van der Waals surface area contributed by atoms with Gasteiger partial charge in [-0.2, -0.15) is 0 Å². The number of hydrogen-bond donors (Lipinski definition) is 2. The van der Waals surface area contributed by atoms with Gasteiger partial charge in [-0.1, -0.05) is 26.0 Å². The first-order chi connectivity index (χ1) is 13.8. The number of Topliss-reactive ketones (excluding diaryl/α,β-unsaturated/α-hetero) is 1. The summed E-state index contributed by atoms with van der Waals surface area (Å²) in [6.45, 7) is 8.25. The van der Waals surface area contributed by atoms with Gasteiger partial charge in [0.1, 0.15) is 5.75 Å². The van der Waals surface area contributed by atoms with E-state index >= 15 is 0 Å². The molecule has 1 fully saturated rings. The van der Waals surface area contributed by atoms with Gasteiger partial charge in [0.05, 0.1) is 13.2 Å². The number of dihydropyridines is 1. The standard InChI is InChI=1S/C23H28N2O4/c1-14-19(22(28)25-8-10-29-11-9-25)20(15-4-6-16(26)7-5-15)21-17(24-14)12-23(2,3)13-18(21)27/h4-7,20,24,26H,8-13H2,1-3H3. The van der Waals surface area contributed by atoms with Crippen molar-refractivity contribution < 1.29 is 19.4 Å². The number of phenols is 1. The quantitative estimate of drug-likeness (QED) is 0.804. The summed E-state index contributed by atoms with van der Waals surface area (Å²) in [6, 6.07) is 6.84. The van der Waals surface area contributed by atoms with Crippen LogP contribution in [0.15, 0.2) is 46.8 Å². The number of rotatable bonds is 2. The number of nitrogens with one attached hydrogen (secondary N) is 1. The molecule has 2 N–H and O–H groups in total. The highest BCUT2D eigenvalue weighted by molar-refractivity contribution is 6.05. The van der Waals surface area contributed by atoms with Crippen LogP contribution in [0.25, 0.3) is 0 Å². The second-order valence-corrected chi connectivity index (χ2v) is 8.93. The molecule has 1 aromatic rings. The van der Waals surface area contributed by atoms with E-state index in [1.54, 1.807) is 17.0 Å². The monoisotopic (exact) mass is 396 g/mol. The summed E-state index contributed by atoms with van der Waals surface area (Å²) in [7, 11) is 0. The largest absolute Gasteiger partial charge is 0.508 e. The summed E-state index contributed by atoms with van der Waals surface area (Å²) in [4.78, 5) is 28.5. The maximum absolute atomic E-state index is 13.5. The molecular formula is C23H28N2O4. The van der Waals surface area contributed by atoms with Gasteiger partial charge in [-0.3, -0.25) is 9.59 Å². The summed E-state index contributed by atoms with van der Waals surface area (Å²) in [5, 5.41) is 13.1. The number of ketones is 1. The van der Waals surface area contributed by atoms with Crippen LogP contribution in [-0.4, -0.2) is 48.0 Å². The molecule has 2 aliphatic heterocycles. The lowest BCUT2D eigenvalue weighted by Crippen LogP contribution is -2.45. The number of aromatic hydroxyl groups is 1. The predicted octanol–water partition coefficient (Wildman–Crippen LogP) is 2.86. The van der Waals surface area contributed by atoms with Crippen molar-refractivity contribution in [1.29, 1.82) is 0 Å². The Kier molecular flexibility index (Phi) is 4.99. The summed E-state index contributed by atoms with van der Waals surface area (Å²) in [5.74, 6) is -0.234. The topological polar surface area (TPSA) is 78.9 Å². The number of nitrogens with zero attached hydrogens (tertiary/aromatic N) is 1. The number of ether oxygens (including phenoxy) is 1. The molecule has 1 aliphatic carbocycles. The number of allylic oxidation sites excluding steroid dienone is 3. The first-order valence-corrected chi connectivity index (χ1v) is 10.2. The molecule has 4 rings (SSSR count). The van der Waals surface area contributed by atoms with Crippen LogP contribution >= 0.6 is 0 Å². The molecule has 3 aliphatic rings. The van der Waals surface area contributed by atoms with Crippen LogP contribution in [0.5, 0.6) is 5.75 Å². The summed E-state index contributed by atoms with van der Waals surface area (Å²) in [6.07, 6.45) is 1.22. The number of morpholine rings is 1. The molecule has 1 saturated heterocycles. The molecule has 1 unspecified atom stereocenters. The molecule has 0 aromatic heterocycles. The maximum atomic E-state index is 13.5. The van der Waals surface area contributed by atoms with Crippen molar-refractivity contribution in [3.63, 3.8) is 0 Å². The van der Waals surface area contributed by atoms with E-state index in [1.807, 2.05) is 19.1 Å². The van der Waals surface area contributed by atoms with Gasteiger partial charge in [0.2, 0.25) is 0 Å². The molecule has 6 heteroatoms. The van der Waals surface area contributed by atoms with E-state index in [-0.39, 0.29) is 22.9 Å². The average Bonchev–Trinajstić information content (AvgIpc) is 2.67. The molecule has 0 spiro atoms. The van der Waals surface area contributed by atoms with Crippen LogP contribution in [0.1, 0.15) is 45.1 Å². The number of carbonyl (C=O) groups excluding carboxylic acids is 2. The van der Waals surface area contributed by atoms with Gasteiger partial charge in [-0.05, 0) is 36.5 Å². The minimum Gasteiger partial charge on any atom is -0.508 e. The summed E-state index contributed by atoms with van der Waals surface area (Å²) in [5.41, 5.74) is 3.75. The van der Waals surface area contributed by atoms with Crippen LogP contribution in [0.4, 0.5) is 0 Å². The zero-order valence-corrected chi connectivity index (χ0v) is 17.2. The Labute approximate surface area is 171 Å². The second kappa shape index (κ2) is 7.34. The molecule has 0 saturated carbocycles. The SMILES string of the molecule is CC1=C(C(=O)N2CCOCC2)C(c2ccc(O)cc2)C2=C(CC(C)(C)CC2=O)N1. The van der Waals surface area contributed by atoms with Gasteiger partial charge < -0.3 is 20.1 Å². The maximum Gasteiger partial charge on any atom is 0.252 e. The van der Waals surface area contributed by atoms with Crippen LogP contribution in [0.2, 0.25) is 0 Å². The van der Waals surface area contributed by atoms with E-state index in [0.717, 1.165) is 23.4 Å². The zero-order chi connectivity index (χ0) is 20.8. The van der Waals surface area contributed by atoms with E-state index in [9.17, 15) is 14.7 Å². The lowest BCUT2D eigenvalue weighted by Gasteiger charge is -2.41. The van der Waals surface area contributed by atoms with Crippen LogP contribution < -0.4 is 5.32 Å². The minimum atomic E-state index is -0.425. The number of benzene rings is 1. The number of amides is 1. The third-order valence-electron chi connectivity index (χ3n) is 5.99. The molecule has 1 aromatic carbocycles. The first kappa shape index (κ1) is 19.7. The fourth-order valence-corrected chi connectivity index (χ4v) is 4.66. The fraction of sp³-hybridized carbons (Fsp3) is 0.478. The molecule has 0 radical (unpaired) electrons. The van der Waals surface area contributed by atoms with Crippen LogP contribution in [0.3, 0.4) is 0 Å². The van der Waals surface area contributed by atoms with E-state index in [1.165, 1.54) is 0 Å². The Hall–Kier alpha value is -2.60. The third-order valence-corrected chi connectivity index (χ3v) is 5.99. The summed E-state index contributed by atoms with van der Waals surface area (Å²) >= 11 is 0. The highest BCUT2D eigenvalue weighted by atomic mass is 16.5. The Morgan fingerprint density at radius 1 is 1.17 bits per heavy atom. The Bertz CT molecular complexity index is 905. The van der Waals surface area contributed by atoms with Crippen LogP contribution in [0, 0.1) is 5.41 Å². The third kappa shape index (κ3) is 3.69. The highest BCUT2D eigenvalue weighted by Crippen LogP contribution is 2.47. The van der Waals surface area contributed by atoms with Crippen molar-refractivity contribution in [2.45, 2.75) is 39.5 Å². The van der Waals surface area contributed by atoms with E-state index in [0.29, 0.717) is 43.9 Å². The van der Waals surface area contributed by atoms with Gasteiger partial charge in [0.15, 0.2) is 5.78 Å². The minimum absolute atomic E-state index is 0.0550. The molecule has 154 valence electrons. The van der Waals surface area contributed by atoms with Crippen molar-refractivity contribution in [2.24, 2.45) is 5.41 Å². The van der Waals surface area contributed by atoms with Gasteiger partial charge in [-0.15, -0.1) is 0 Å². The van der Waals surface area contributed by atoms with Gasteiger partial charge in [0, 0.05) is 48.0 Å². The Morgan fingerprint density at radius 2 is 1.83 bits per heavy atom. The Morgan fingerprint density at radius 3 is 2.48 bits per heavy atom. The fourth-order valence-electron chi connectivity index (χ4n) is 4.66. The molecule has 2 heterocycles. The lowest BCUT2D eigenvalue weighted by molar-refractivity contribution is -0.131. The molecule has 0 bridgehead atoms. The summed E-state index contributed by atoms with van der Waals surface area (Å²) < 4.78 is 5.40. The van der Waals surface area contributed by atoms with Gasteiger partial charge >= 0.3 is 0 Å². The predicted molar refractivity (Wildman–Crippen MR) is 109 cm³/mol. The van der Waals surface area contributed by atoms with E-state index in [4.69, 9.17) is 4.74 Å². The van der Waals surface area contributed by atoms with Crippen molar-refractivity contribution in [3.8, 4) is 5.75 Å². The zero-order valence-electron chi connectivity index (χ0n) is 17.2. The van der Waals surface area contributed by atoms with Gasteiger partial charge in [-0.25, -0.2) is 0 Å². The highest BCUT2D eigenvalue weighted by Gasteiger charge is 2.43. The first-order valence-electron chi connectivity index (χ1n) is 10.2. The number of hydrogen-bond acceptors (Lipinski definition) is 5. The second-order valence-electron chi connectivity index (χ2n) is 8.93. The smallest absolute Gasteiger partial charge is 0.252 e. The van der Waals surface area contributed by atoms with Crippen molar-refractivity contribution >= 4 is 11.7 Å². The van der Waals surface area contributed by atoms with Crippen molar-refractivity contribution in [1.82, 2.24) is 10.2 Å². The normalized spacial score (nSPS) is 24.3. The van der Waals surface area contributed by atoms with Crippen molar-refractivity contribution in [3.05, 3.63) is 52.4 Å². The molecule has 29 heavy (non-hydrogen) atoms. The van der Waals surface area contributed by atoms with E-state index < -0.39 is 5.92 Å². The molecule has 1 atom stereocenters.